The van der Waals surface area contributed by atoms with Crippen LogP contribution in [-0.2, 0) is 4.74 Å². The quantitative estimate of drug-likeness (QED) is 0.777. The largest absolute Gasteiger partial charge is 0.496 e. The van der Waals surface area contributed by atoms with Crippen molar-refractivity contribution < 1.29 is 14.3 Å². The number of benzene rings is 1. The summed E-state index contributed by atoms with van der Waals surface area (Å²) in [7, 11) is 1.61. The average molecular weight is 261 g/mol. The Kier molecular flexibility index (Phi) is 3.27. The molecule has 1 aromatic carbocycles. The van der Waals surface area contributed by atoms with Crippen LogP contribution < -0.4 is 9.64 Å². The normalized spacial score (nSPS) is 14.3. The Hall–Kier alpha value is -1.97. The fourth-order valence-electron chi connectivity index (χ4n) is 2.10. The van der Waals surface area contributed by atoms with Gasteiger partial charge in [-0.2, -0.15) is 0 Å². The lowest BCUT2D eigenvalue weighted by molar-refractivity contribution is 0.0586. The molecule has 0 aliphatic carbocycles. The molecule has 0 saturated carbocycles. The standard InChI is InChI=1S/C15H19NO3/c1-10-9-16(14(17)19-15(2,3)4)11-7-6-8-12(18-5)13(10)11/h6-8H,1,9H2,2-5H3. The van der Waals surface area contributed by atoms with Crippen molar-refractivity contribution >= 4 is 17.4 Å². The van der Waals surface area contributed by atoms with Gasteiger partial charge in [-0.3, -0.25) is 4.90 Å². The first-order valence-corrected chi connectivity index (χ1v) is 6.19. The van der Waals surface area contributed by atoms with Crippen LogP contribution in [-0.4, -0.2) is 25.3 Å². The molecule has 4 nitrogen and oxygen atoms in total. The van der Waals surface area contributed by atoms with Crippen molar-refractivity contribution in [1.82, 2.24) is 0 Å². The number of anilines is 1. The van der Waals surface area contributed by atoms with Crippen LogP contribution >= 0.6 is 0 Å². The van der Waals surface area contributed by atoms with Gasteiger partial charge in [-0.05, 0) is 38.5 Å². The van der Waals surface area contributed by atoms with E-state index in [-0.39, 0.29) is 6.09 Å². The highest BCUT2D eigenvalue weighted by molar-refractivity contribution is 6.00. The Balaban J connectivity index is 2.35. The first kappa shape index (κ1) is 13.5. The highest BCUT2D eigenvalue weighted by Crippen LogP contribution is 2.41. The van der Waals surface area contributed by atoms with Gasteiger partial charge in [-0.25, -0.2) is 4.79 Å². The van der Waals surface area contributed by atoms with Crippen LogP contribution in [0.4, 0.5) is 10.5 Å². The van der Waals surface area contributed by atoms with Crippen LogP contribution in [0, 0.1) is 0 Å². The molecule has 0 fully saturated rings. The SMILES string of the molecule is C=C1CN(C(=O)OC(C)(C)C)c2cccc(OC)c21. The smallest absolute Gasteiger partial charge is 0.415 e. The number of carbonyl (C=O) groups excluding carboxylic acids is 1. The molecule has 0 unspecified atom stereocenters. The molecule has 1 aliphatic heterocycles. The molecule has 0 N–H and O–H groups in total. The van der Waals surface area contributed by atoms with E-state index in [1.165, 1.54) is 0 Å². The van der Waals surface area contributed by atoms with Crippen molar-refractivity contribution in [3.8, 4) is 5.75 Å². The van der Waals surface area contributed by atoms with E-state index < -0.39 is 5.60 Å². The third-order valence-corrected chi connectivity index (χ3v) is 2.83. The maximum atomic E-state index is 12.2. The highest BCUT2D eigenvalue weighted by atomic mass is 16.6. The molecule has 1 aromatic rings. The fraction of sp³-hybridized carbons (Fsp3) is 0.400. The van der Waals surface area contributed by atoms with Gasteiger partial charge in [0.1, 0.15) is 11.4 Å². The van der Waals surface area contributed by atoms with Gasteiger partial charge in [-0.1, -0.05) is 12.6 Å². The molecule has 2 rings (SSSR count). The van der Waals surface area contributed by atoms with Crippen LogP contribution in [0.2, 0.25) is 0 Å². The Morgan fingerprint density at radius 3 is 2.63 bits per heavy atom. The van der Waals surface area contributed by atoms with E-state index in [1.807, 2.05) is 39.0 Å². The van der Waals surface area contributed by atoms with Crippen LogP contribution in [0.25, 0.3) is 5.57 Å². The third kappa shape index (κ3) is 2.57. The van der Waals surface area contributed by atoms with Crippen molar-refractivity contribution in [1.29, 1.82) is 0 Å². The number of hydrogen-bond acceptors (Lipinski definition) is 3. The molecule has 0 atom stereocenters. The van der Waals surface area contributed by atoms with Gasteiger partial charge in [0.05, 0.1) is 19.3 Å². The van der Waals surface area contributed by atoms with Gasteiger partial charge in [0.25, 0.3) is 0 Å². The molecule has 1 heterocycles. The highest BCUT2D eigenvalue weighted by Gasteiger charge is 2.32. The second kappa shape index (κ2) is 4.61. The minimum absolute atomic E-state index is 0.361. The number of rotatable bonds is 1. The first-order valence-electron chi connectivity index (χ1n) is 6.19. The Morgan fingerprint density at radius 1 is 1.37 bits per heavy atom. The number of nitrogens with zero attached hydrogens (tertiary/aromatic N) is 1. The Bertz CT molecular complexity index is 529. The topological polar surface area (TPSA) is 38.8 Å². The van der Waals surface area contributed by atoms with Crippen LogP contribution in [0.15, 0.2) is 24.8 Å². The molecule has 0 spiro atoms. The first-order chi connectivity index (χ1) is 8.83. The molecular weight excluding hydrogens is 242 g/mol. The van der Waals surface area contributed by atoms with Gasteiger partial charge < -0.3 is 9.47 Å². The Morgan fingerprint density at radius 2 is 2.05 bits per heavy atom. The van der Waals surface area contributed by atoms with Gasteiger partial charge >= 0.3 is 6.09 Å². The minimum atomic E-state index is -0.514. The third-order valence-electron chi connectivity index (χ3n) is 2.83. The number of carbonyl (C=O) groups is 1. The molecular formula is C15H19NO3. The summed E-state index contributed by atoms with van der Waals surface area (Å²) < 4.78 is 10.7. The maximum absolute atomic E-state index is 12.2. The van der Waals surface area contributed by atoms with Crippen molar-refractivity contribution in [2.75, 3.05) is 18.6 Å². The lowest BCUT2D eigenvalue weighted by Gasteiger charge is -2.24. The molecule has 0 aromatic heterocycles. The van der Waals surface area contributed by atoms with E-state index in [1.54, 1.807) is 12.0 Å². The maximum Gasteiger partial charge on any atom is 0.415 e. The van der Waals surface area contributed by atoms with E-state index in [9.17, 15) is 4.79 Å². The van der Waals surface area contributed by atoms with Crippen LogP contribution in [0.3, 0.4) is 0 Å². The fourth-order valence-corrected chi connectivity index (χ4v) is 2.10. The zero-order chi connectivity index (χ0) is 14.2. The molecule has 0 saturated heterocycles. The van der Waals surface area contributed by atoms with E-state index in [2.05, 4.69) is 6.58 Å². The number of hydrogen-bond donors (Lipinski definition) is 0. The van der Waals surface area contributed by atoms with E-state index >= 15 is 0 Å². The van der Waals surface area contributed by atoms with Crippen molar-refractivity contribution in [3.63, 3.8) is 0 Å². The summed E-state index contributed by atoms with van der Waals surface area (Å²) in [5.41, 5.74) is 2.02. The van der Waals surface area contributed by atoms with Crippen molar-refractivity contribution in [3.05, 3.63) is 30.3 Å². The summed E-state index contributed by atoms with van der Waals surface area (Å²) in [6.45, 7) is 9.99. The van der Waals surface area contributed by atoms with Crippen LogP contribution in [0.1, 0.15) is 26.3 Å². The molecule has 4 heteroatoms. The number of fused-ring (bicyclic) bond motifs is 1. The van der Waals surface area contributed by atoms with Gasteiger partial charge in [0.15, 0.2) is 0 Å². The summed E-state index contributed by atoms with van der Waals surface area (Å²) >= 11 is 0. The predicted octanol–water partition coefficient (Wildman–Crippen LogP) is 3.46. The number of amides is 1. The van der Waals surface area contributed by atoms with Gasteiger partial charge in [0.2, 0.25) is 0 Å². The molecule has 1 aliphatic rings. The molecule has 0 radical (unpaired) electrons. The van der Waals surface area contributed by atoms with E-state index in [4.69, 9.17) is 9.47 Å². The minimum Gasteiger partial charge on any atom is -0.496 e. The van der Waals surface area contributed by atoms with Gasteiger partial charge in [-0.15, -0.1) is 0 Å². The van der Waals surface area contributed by atoms with Crippen LogP contribution in [0.5, 0.6) is 5.75 Å². The summed E-state index contributed by atoms with van der Waals surface area (Å²) in [5.74, 6) is 0.730. The summed E-state index contributed by atoms with van der Waals surface area (Å²) in [4.78, 5) is 13.8. The summed E-state index contributed by atoms with van der Waals surface area (Å²) in [6, 6.07) is 5.59. The lowest BCUT2D eigenvalue weighted by Crippen LogP contribution is -2.35. The van der Waals surface area contributed by atoms with Crippen molar-refractivity contribution in [2.24, 2.45) is 0 Å². The van der Waals surface area contributed by atoms with Crippen molar-refractivity contribution in [2.45, 2.75) is 26.4 Å². The zero-order valence-corrected chi connectivity index (χ0v) is 11.8. The average Bonchev–Trinajstić information content (AvgIpc) is 2.65. The predicted molar refractivity (Wildman–Crippen MR) is 75.6 cm³/mol. The molecule has 0 bridgehead atoms. The molecule has 102 valence electrons. The number of methoxy groups -OCH3 is 1. The zero-order valence-electron chi connectivity index (χ0n) is 11.8. The second-order valence-electron chi connectivity index (χ2n) is 5.52. The molecule has 19 heavy (non-hydrogen) atoms. The lowest BCUT2D eigenvalue weighted by atomic mass is 10.1. The van der Waals surface area contributed by atoms with E-state index in [0.717, 1.165) is 22.6 Å². The second-order valence-corrected chi connectivity index (χ2v) is 5.52. The summed E-state index contributed by atoms with van der Waals surface area (Å²) in [5, 5.41) is 0. The summed E-state index contributed by atoms with van der Waals surface area (Å²) in [6.07, 6.45) is -0.361. The monoisotopic (exact) mass is 261 g/mol. The number of ether oxygens (including phenoxy) is 2. The van der Waals surface area contributed by atoms with E-state index in [0.29, 0.717) is 6.54 Å². The molecule has 1 amide bonds. The van der Waals surface area contributed by atoms with Gasteiger partial charge in [0, 0.05) is 5.56 Å². The Labute approximate surface area is 113 Å².